The van der Waals surface area contributed by atoms with Gasteiger partial charge in [0.15, 0.2) is 9.84 Å². The Morgan fingerprint density at radius 2 is 2.08 bits per heavy atom. The van der Waals surface area contributed by atoms with Gasteiger partial charge < -0.3 is 9.73 Å². The number of sulfone groups is 1. The van der Waals surface area contributed by atoms with Crippen molar-refractivity contribution >= 4 is 44.8 Å². The Labute approximate surface area is 154 Å². The molecule has 0 spiro atoms. The predicted molar refractivity (Wildman–Crippen MR) is 95.6 cm³/mol. The standard InChI is InChI=1S/C15H16ClN3O4S2/c16-11-1-3-12(4-2-11)17-13(20)8-24-15-19-18-14(23-15)7-10-5-6-25(21,22)9-10/h1-4,10H,5-9H2,(H,17,20)/t10-/m0/s1. The number of nitrogens with one attached hydrogen (secondary N) is 1. The summed E-state index contributed by atoms with van der Waals surface area (Å²) in [6.45, 7) is 0. The van der Waals surface area contributed by atoms with E-state index in [-0.39, 0.29) is 29.1 Å². The van der Waals surface area contributed by atoms with E-state index in [0.717, 1.165) is 11.8 Å². The number of rotatable bonds is 6. The molecular weight excluding hydrogens is 386 g/mol. The van der Waals surface area contributed by atoms with Crippen LogP contribution in [0, 0.1) is 5.92 Å². The number of anilines is 1. The van der Waals surface area contributed by atoms with Crippen molar-refractivity contribution in [3.05, 3.63) is 35.2 Å². The normalized spacial score (nSPS) is 19.0. The molecule has 7 nitrogen and oxygen atoms in total. The fraction of sp³-hybridized carbons (Fsp3) is 0.400. The first kappa shape index (κ1) is 18.2. The quantitative estimate of drug-likeness (QED) is 0.741. The average Bonchev–Trinajstić information content (AvgIpc) is 3.14. The molecule has 0 aliphatic carbocycles. The highest BCUT2D eigenvalue weighted by Gasteiger charge is 2.29. The van der Waals surface area contributed by atoms with Crippen LogP contribution in [0.25, 0.3) is 0 Å². The molecule has 134 valence electrons. The van der Waals surface area contributed by atoms with E-state index in [1.165, 1.54) is 0 Å². The van der Waals surface area contributed by atoms with Gasteiger partial charge in [0, 0.05) is 17.1 Å². The zero-order chi connectivity index (χ0) is 17.9. The summed E-state index contributed by atoms with van der Waals surface area (Å²) in [6.07, 6.45) is 1.07. The molecule has 1 saturated heterocycles. The first-order valence-corrected chi connectivity index (χ1v) is 10.8. The molecular formula is C15H16ClN3O4S2. The Kier molecular flexibility index (Phi) is 5.65. The summed E-state index contributed by atoms with van der Waals surface area (Å²) in [7, 11) is -2.92. The number of halogens is 1. The number of amides is 1. The summed E-state index contributed by atoms with van der Waals surface area (Å²) in [6, 6.07) is 6.81. The maximum atomic E-state index is 11.9. The van der Waals surface area contributed by atoms with Gasteiger partial charge in [-0.15, -0.1) is 10.2 Å². The second-order valence-corrected chi connectivity index (χ2v) is 9.37. The third kappa shape index (κ3) is 5.45. The minimum Gasteiger partial charge on any atom is -0.416 e. The molecule has 1 N–H and O–H groups in total. The van der Waals surface area contributed by atoms with Gasteiger partial charge in [0.2, 0.25) is 11.8 Å². The van der Waals surface area contributed by atoms with Crippen LogP contribution in [0.2, 0.25) is 5.02 Å². The summed E-state index contributed by atoms with van der Waals surface area (Å²) in [5.41, 5.74) is 0.656. The van der Waals surface area contributed by atoms with Crippen LogP contribution in [-0.2, 0) is 21.1 Å². The van der Waals surface area contributed by atoms with E-state index in [4.69, 9.17) is 16.0 Å². The van der Waals surface area contributed by atoms with E-state index >= 15 is 0 Å². The topological polar surface area (TPSA) is 102 Å². The fourth-order valence-corrected chi connectivity index (χ4v) is 5.08. The van der Waals surface area contributed by atoms with Crippen LogP contribution in [0.1, 0.15) is 12.3 Å². The molecule has 1 fully saturated rings. The lowest BCUT2D eigenvalue weighted by Crippen LogP contribution is -2.13. The van der Waals surface area contributed by atoms with Crippen LogP contribution in [0.3, 0.4) is 0 Å². The number of benzene rings is 1. The van der Waals surface area contributed by atoms with Crippen LogP contribution in [0.15, 0.2) is 33.9 Å². The zero-order valence-electron chi connectivity index (χ0n) is 13.1. The molecule has 0 unspecified atom stereocenters. The molecule has 0 radical (unpaired) electrons. The summed E-state index contributed by atoms with van der Waals surface area (Å²) < 4.78 is 28.4. The van der Waals surface area contributed by atoms with Gasteiger partial charge in [0.25, 0.3) is 5.22 Å². The molecule has 0 saturated carbocycles. The first-order chi connectivity index (χ1) is 11.9. The van der Waals surface area contributed by atoms with E-state index in [1.807, 2.05) is 0 Å². The lowest BCUT2D eigenvalue weighted by Gasteiger charge is -2.03. The van der Waals surface area contributed by atoms with Crippen molar-refractivity contribution < 1.29 is 17.6 Å². The van der Waals surface area contributed by atoms with E-state index in [9.17, 15) is 13.2 Å². The van der Waals surface area contributed by atoms with Crippen molar-refractivity contribution in [1.82, 2.24) is 10.2 Å². The second kappa shape index (κ2) is 7.76. The molecule has 1 aliphatic rings. The Hall–Kier alpha value is -1.58. The Bertz CT molecular complexity index is 852. The molecule has 3 rings (SSSR count). The van der Waals surface area contributed by atoms with Crippen LogP contribution >= 0.6 is 23.4 Å². The van der Waals surface area contributed by atoms with Crippen molar-refractivity contribution in [3.63, 3.8) is 0 Å². The van der Waals surface area contributed by atoms with Gasteiger partial charge in [-0.1, -0.05) is 23.4 Å². The molecule has 1 atom stereocenters. The summed E-state index contributed by atoms with van der Waals surface area (Å²) in [5.74, 6) is 0.745. The minimum atomic E-state index is -2.92. The van der Waals surface area contributed by atoms with Gasteiger partial charge in [0.05, 0.1) is 17.3 Å². The summed E-state index contributed by atoms with van der Waals surface area (Å²) in [4.78, 5) is 11.9. The highest BCUT2D eigenvalue weighted by atomic mass is 35.5. The van der Waals surface area contributed by atoms with Crippen molar-refractivity contribution in [3.8, 4) is 0 Å². The second-order valence-electron chi connectivity index (χ2n) is 5.78. The van der Waals surface area contributed by atoms with Gasteiger partial charge in [-0.05, 0) is 36.6 Å². The average molecular weight is 402 g/mol. The minimum absolute atomic E-state index is 0.0245. The van der Waals surface area contributed by atoms with E-state index in [2.05, 4.69) is 15.5 Å². The lowest BCUT2D eigenvalue weighted by atomic mass is 10.1. The van der Waals surface area contributed by atoms with Gasteiger partial charge in [-0.25, -0.2) is 8.42 Å². The van der Waals surface area contributed by atoms with Crippen LogP contribution < -0.4 is 5.32 Å². The number of nitrogens with zero attached hydrogens (tertiary/aromatic N) is 2. The zero-order valence-corrected chi connectivity index (χ0v) is 15.5. The van der Waals surface area contributed by atoms with Gasteiger partial charge in [-0.2, -0.15) is 0 Å². The monoisotopic (exact) mass is 401 g/mol. The van der Waals surface area contributed by atoms with Gasteiger partial charge in [0.1, 0.15) is 0 Å². The third-order valence-electron chi connectivity index (χ3n) is 3.69. The molecule has 10 heteroatoms. The smallest absolute Gasteiger partial charge is 0.277 e. The number of carbonyl (C=O) groups is 1. The predicted octanol–water partition coefficient (Wildman–Crippen LogP) is 2.43. The summed E-state index contributed by atoms with van der Waals surface area (Å²) >= 11 is 6.92. The van der Waals surface area contributed by atoms with Gasteiger partial charge >= 0.3 is 0 Å². The molecule has 1 amide bonds. The number of carbonyl (C=O) groups excluding carboxylic acids is 1. The SMILES string of the molecule is O=C(CSc1nnc(C[C@@H]2CCS(=O)(=O)C2)o1)Nc1ccc(Cl)cc1. The summed E-state index contributed by atoms with van der Waals surface area (Å²) in [5, 5.41) is 11.4. The highest BCUT2D eigenvalue weighted by molar-refractivity contribution is 7.99. The lowest BCUT2D eigenvalue weighted by molar-refractivity contribution is -0.113. The van der Waals surface area contributed by atoms with Crippen LogP contribution in [0.5, 0.6) is 0 Å². The first-order valence-electron chi connectivity index (χ1n) is 7.61. The molecule has 1 aliphatic heterocycles. The molecule has 2 aromatic rings. The van der Waals surface area contributed by atoms with E-state index in [0.29, 0.717) is 34.7 Å². The van der Waals surface area contributed by atoms with Crippen molar-refractivity contribution in [2.75, 3.05) is 22.6 Å². The number of aromatic nitrogens is 2. The van der Waals surface area contributed by atoms with Crippen molar-refractivity contribution in [2.45, 2.75) is 18.1 Å². The maximum absolute atomic E-state index is 11.9. The van der Waals surface area contributed by atoms with Crippen molar-refractivity contribution in [1.29, 1.82) is 0 Å². The molecule has 2 heterocycles. The molecule has 0 bridgehead atoms. The third-order valence-corrected chi connectivity index (χ3v) is 6.60. The number of hydrogen-bond acceptors (Lipinski definition) is 7. The Morgan fingerprint density at radius 3 is 2.76 bits per heavy atom. The number of hydrogen-bond donors (Lipinski definition) is 1. The number of thioether (sulfide) groups is 1. The highest BCUT2D eigenvalue weighted by Crippen LogP contribution is 2.24. The van der Waals surface area contributed by atoms with E-state index in [1.54, 1.807) is 24.3 Å². The van der Waals surface area contributed by atoms with Gasteiger partial charge in [-0.3, -0.25) is 4.79 Å². The Morgan fingerprint density at radius 1 is 1.32 bits per heavy atom. The Balaban J connectivity index is 1.46. The van der Waals surface area contributed by atoms with E-state index < -0.39 is 9.84 Å². The van der Waals surface area contributed by atoms with Crippen LogP contribution in [0.4, 0.5) is 5.69 Å². The molecule has 25 heavy (non-hydrogen) atoms. The fourth-order valence-electron chi connectivity index (χ4n) is 2.52. The largest absolute Gasteiger partial charge is 0.416 e. The van der Waals surface area contributed by atoms with Crippen molar-refractivity contribution in [2.24, 2.45) is 5.92 Å². The molecule has 1 aromatic carbocycles. The van der Waals surface area contributed by atoms with Crippen LogP contribution in [-0.4, -0.2) is 41.8 Å². The molecule has 1 aromatic heterocycles. The maximum Gasteiger partial charge on any atom is 0.277 e.